The van der Waals surface area contributed by atoms with Crippen molar-refractivity contribution in [1.29, 1.82) is 0 Å². The Bertz CT molecular complexity index is 625. The Labute approximate surface area is 131 Å². The molecule has 1 saturated carbocycles. The quantitative estimate of drug-likeness (QED) is 0.847. The predicted octanol–water partition coefficient (Wildman–Crippen LogP) is 2.76. The number of hydrogen-bond acceptors (Lipinski definition) is 2. The molecule has 1 unspecified atom stereocenters. The molecule has 0 spiro atoms. The van der Waals surface area contributed by atoms with E-state index in [0.717, 1.165) is 12.8 Å². The van der Waals surface area contributed by atoms with Gasteiger partial charge >= 0.3 is 0 Å². The second-order valence-electron chi connectivity index (χ2n) is 5.64. The fourth-order valence-corrected chi connectivity index (χ4v) is 3.20. The molecule has 1 N–H and O–H groups in total. The highest BCUT2D eigenvalue weighted by Gasteiger charge is 2.52. The van der Waals surface area contributed by atoms with Gasteiger partial charge in [0.1, 0.15) is 12.1 Å². The number of hydrogen-bond donors (Lipinski definition) is 1. The number of benzene rings is 1. The first-order valence-corrected chi connectivity index (χ1v) is 7.36. The Morgan fingerprint density at radius 3 is 2.38 bits per heavy atom. The molecule has 4 nitrogen and oxygen atoms in total. The summed E-state index contributed by atoms with van der Waals surface area (Å²) in [5, 5.41) is 2.42. The van der Waals surface area contributed by atoms with Crippen molar-refractivity contribution in [3.05, 3.63) is 28.0 Å². The first-order chi connectivity index (χ1) is 9.83. The summed E-state index contributed by atoms with van der Waals surface area (Å²) >= 11 is 11.5. The Hall–Kier alpha value is -1.33. The third kappa shape index (κ3) is 2.38. The Morgan fingerprint density at radius 1 is 1.29 bits per heavy atom. The summed E-state index contributed by atoms with van der Waals surface area (Å²) in [7, 11) is 0. The zero-order valence-electron chi connectivity index (χ0n) is 11.3. The van der Waals surface area contributed by atoms with Crippen molar-refractivity contribution in [1.82, 2.24) is 5.32 Å². The molecule has 1 aliphatic heterocycles. The molecule has 1 heterocycles. The van der Waals surface area contributed by atoms with Crippen LogP contribution in [-0.4, -0.2) is 23.9 Å². The Morgan fingerprint density at radius 2 is 1.86 bits per heavy atom. The number of anilines is 1. The van der Waals surface area contributed by atoms with Crippen molar-refractivity contribution < 1.29 is 14.0 Å². The summed E-state index contributed by atoms with van der Waals surface area (Å²) in [5.74, 6) is -1.06. The summed E-state index contributed by atoms with van der Waals surface area (Å²) in [5.41, 5.74) is -0.582. The number of rotatable bonds is 2. The van der Waals surface area contributed by atoms with Crippen LogP contribution in [0.2, 0.25) is 10.0 Å². The van der Waals surface area contributed by atoms with Crippen LogP contribution in [-0.2, 0) is 9.59 Å². The minimum atomic E-state index is -0.914. The summed E-state index contributed by atoms with van der Waals surface area (Å²) < 4.78 is 13.5. The van der Waals surface area contributed by atoms with Crippen LogP contribution in [0, 0.1) is 11.7 Å². The van der Waals surface area contributed by atoms with E-state index in [0.29, 0.717) is 5.69 Å². The predicted molar refractivity (Wildman–Crippen MR) is 78.0 cm³/mol. The topological polar surface area (TPSA) is 49.4 Å². The number of carbonyl (C=O) groups excluding carboxylic acids is 2. The number of nitrogens with one attached hydrogen (secondary N) is 1. The van der Waals surface area contributed by atoms with Gasteiger partial charge in [-0.3, -0.25) is 9.59 Å². The second kappa shape index (κ2) is 4.85. The van der Waals surface area contributed by atoms with Crippen molar-refractivity contribution in [2.45, 2.75) is 25.3 Å². The van der Waals surface area contributed by atoms with E-state index in [9.17, 15) is 14.0 Å². The maximum Gasteiger partial charge on any atom is 0.253 e. The molecule has 1 aliphatic carbocycles. The van der Waals surface area contributed by atoms with Crippen LogP contribution in [0.3, 0.4) is 0 Å². The van der Waals surface area contributed by atoms with Crippen LogP contribution < -0.4 is 10.2 Å². The van der Waals surface area contributed by atoms with Crippen molar-refractivity contribution in [2.75, 3.05) is 11.4 Å². The second-order valence-corrected chi connectivity index (χ2v) is 6.45. The van der Waals surface area contributed by atoms with E-state index in [2.05, 4.69) is 5.32 Å². The molecule has 0 radical (unpaired) electrons. The number of piperazine rings is 1. The molecule has 7 heteroatoms. The van der Waals surface area contributed by atoms with Gasteiger partial charge in [0.2, 0.25) is 5.91 Å². The van der Waals surface area contributed by atoms with E-state index in [-0.39, 0.29) is 34.3 Å². The highest BCUT2D eigenvalue weighted by atomic mass is 35.5. The van der Waals surface area contributed by atoms with Gasteiger partial charge in [0.15, 0.2) is 5.82 Å². The van der Waals surface area contributed by atoms with Gasteiger partial charge < -0.3 is 10.2 Å². The molecule has 2 amide bonds. The minimum Gasteiger partial charge on any atom is -0.340 e. The molecule has 1 atom stereocenters. The number of amides is 2. The number of carbonyl (C=O) groups is 2. The molecule has 0 aromatic heterocycles. The molecule has 1 saturated heterocycles. The number of halogens is 3. The highest BCUT2D eigenvalue weighted by molar-refractivity contribution is 6.35. The van der Waals surface area contributed by atoms with E-state index >= 15 is 0 Å². The first kappa shape index (κ1) is 14.6. The van der Waals surface area contributed by atoms with Crippen molar-refractivity contribution in [3.8, 4) is 0 Å². The van der Waals surface area contributed by atoms with E-state index in [1.54, 1.807) is 6.92 Å². The van der Waals surface area contributed by atoms with Crippen molar-refractivity contribution in [3.63, 3.8) is 0 Å². The van der Waals surface area contributed by atoms with Gasteiger partial charge in [0.25, 0.3) is 5.91 Å². The monoisotopic (exact) mass is 330 g/mol. The van der Waals surface area contributed by atoms with Gasteiger partial charge in [-0.1, -0.05) is 23.2 Å². The molecule has 21 heavy (non-hydrogen) atoms. The maximum absolute atomic E-state index is 13.5. The minimum absolute atomic E-state index is 0.126. The molecule has 0 bridgehead atoms. The summed E-state index contributed by atoms with van der Waals surface area (Å²) in [6.45, 7) is 1.60. The smallest absolute Gasteiger partial charge is 0.253 e. The van der Waals surface area contributed by atoms with E-state index < -0.39 is 11.4 Å². The normalized spacial score (nSPS) is 26.0. The molecule has 112 valence electrons. The Balaban J connectivity index is 2.01. The fraction of sp³-hybridized carbons (Fsp3) is 0.429. The number of nitrogens with zero attached hydrogens (tertiary/aromatic N) is 1. The van der Waals surface area contributed by atoms with Gasteiger partial charge in [-0.2, -0.15) is 0 Å². The molecular weight excluding hydrogens is 318 g/mol. The van der Waals surface area contributed by atoms with Gasteiger partial charge in [0.05, 0.1) is 10.0 Å². The maximum atomic E-state index is 13.5. The lowest BCUT2D eigenvalue weighted by Crippen LogP contribution is -2.66. The zero-order chi connectivity index (χ0) is 15.4. The summed E-state index contributed by atoms with van der Waals surface area (Å²) in [6.07, 6.45) is 1.81. The molecular formula is C14H13Cl2FN2O2. The standard InChI is InChI=1S/C14H13Cl2FN2O2/c1-14(7-2-3-7)13(21)19(6-11(20)18-14)8-4-9(15)12(17)10(16)5-8/h4-5,7H,2-3,6H2,1H3,(H,18,20). The van der Waals surface area contributed by atoms with Gasteiger partial charge in [0, 0.05) is 5.69 Å². The highest BCUT2D eigenvalue weighted by Crippen LogP contribution is 2.42. The Kier molecular flexibility index (Phi) is 3.37. The van der Waals surface area contributed by atoms with E-state index in [1.165, 1.54) is 17.0 Å². The third-order valence-corrected chi connectivity index (χ3v) is 4.61. The fourth-order valence-electron chi connectivity index (χ4n) is 2.72. The lowest BCUT2D eigenvalue weighted by molar-refractivity contribution is -0.136. The third-order valence-electron chi connectivity index (χ3n) is 4.06. The molecule has 3 rings (SSSR count). The summed E-state index contributed by atoms with van der Waals surface area (Å²) in [6, 6.07) is 2.62. The van der Waals surface area contributed by atoms with Crippen molar-refractivity contribution >= 4 is 40.7 Å². The van der Waals surface area contributed by atoms with Gasteiger partial charge in [-0.15, -0.1) is 0 Å². The zero-order valence-corrected chi connectivity index (χ0v) is 12.8. The molecule has 2 fully saturated rings. The van der Waals surface area contributed by atoms with Gasteiger partial charge in [-0.25, -0.2) is 4.39 Å². The molecule has 2 aliphatic rings. The first-order valence-electron chi connectivity index (χ1n) is 6.60. The molecule has 1 aromatic rings. The van der Waals surface area contributed by atoms with Crippen LogP contribution in [0.5, 0.6) is 0 Å². The molecule has 1 aromatic carbocycles. The largest absolute Gasteiger partial charge is 0.340 e. The van der Waals surface area contributed by atoms with Crippen LogP contribution in [0.1, 0.15) is 19.8 Å². The SMILES string of the molecule is CC1(C2CC2)NC(=O)CN(c2cc(Cl)c(F)c(Cl)c2)C1=O. The van der Waals surface area contributed by atoms with Crippen LogP contribution in [0.25, 0.3) is 0 Å². The van der Waals surface area contributed by atoms with Gasteiger partial charge in [-0.05, 0) is 37.8 Å². The average molecular weight is 331 g/mol. The van der Waals surface area contributed by atoms with E-state index in [4.69, 9.17) is 23.2 Å². The lowest BCUT2D eigenvalue weighted by atomic mass is 9.91. The average Bonchev–Trinajstić information content (AvgIpc) is 3.24. The lowest BCUT2D eigenvalue weighted by Gasteiger charge is -2.40. The van der Waals surface area contributed by atoms with Crippen LogP contribution in [0.15, 0.2) is 12.1 Å². The summed E-state index contributed by atoms with van der Waals surface area (Å²) in [4.78, 5) is 26.0. The van der Waals surface area contributed by atoms with Crippen molar-refractivity contribution in [2.24, 2.45) is 5.92 Å². The van der Waals surface area contributed by atoms with Crippen LogP contribution in [0.4, 0.5) is 10.1 Å². The van der Waals surface area contributed by atoms with E-state index in [1.807, 2.05) is 0 Å². The van der Waals surface area contributed by atoms with Crippen LogP contribution >= 0.6 is 23.2 Å².